The van der Waals surface area contributed by atoms with Crippen LogP contribution in [0.5, 0.6) is 5.88 Å². The van der Waals surface area contributed by atoms with Gasteiger partial charge < -0.3 is 4.74 Å². The molecule has 1 aromatic heterocycles. The molecule has 66 valence electrons. The van der Waals surface area contributed by atoms with Crippen LogP contribution >= 0.6 is 0 Å². The van der Waals surface area contributed by atoms with E-state index in [2.05, 4.69) is 12.0 Å². The van der Waals surface area contributed by atoms with E-state index in [9.17, 15) is 0 Å². The summed E-state index contributed by atoms with van der Waals surface area (Å²) in [7, 11) is 0. The molecule has 0 amide bonds. The second-order valence-corrected chi connectivity index (χ2v) is 3.29. The molecule has 0 saturated heterocycles. The molecule has 0 aliphatic carbocycles. The maximum atomic E-state index is 5.60. The number of fused-ring (bicyclic) bond motifs is 1. The standard InChI is InChI=1S/C9H14N2O/c1-7-8(2)10-11-5-3-4-6-12-9(7)11/h3-6H2,1-2H3. The van der Waals surface area contributed by atoms with Gasteiger partial charge in [-0.25, -0.2) is 4.68 Å². The molecule has 3 nitrogen and oxygen atoms in total. The molecule has 0 bridgehead atoms. The van der Waals surface area contributed by atoms with E-state index in [4.69, 9.17) is 4.74 Å². The van der Waals surface area contributed by atoms with E-state index in [0.717, 1.165) is 31.1 Å². The van der Waals surface area contributed by atoms with E-state index in [1.807, 2.05) is 11.6 Å². The van der Waals surface area contributed by atoms with Crippen molar-refractivity contribution in [3.8, 4) is 5.88 Å². The summed E-state index contributed by atoms with van der Waals surface area (Å²) in [6.45, 7) is 5.94. The van der Waals surface area contributed by atoms with E-state index in [1.165, 1.54) is 12.0 Å². The molecule has 0 unspecified atom stereocenters. The first kappa shape index (κ1) is 7.65. The van der Waals surface area contributed by atoms with Crippen LogP contribution in [0.3, 0.4) is 0 Å². The molecular formula is C9H14N2O. The molecule has 0 radical (unpaired) electrons. The molecule has 1 aliphatic rings. The van der Waals surface area contributed by atoms with Crippen molar-refractivity contribution in [3.63, 3.8) is 0 Å². The third-order valence-corrected chi connectivity index (χ3v) is 2.37. The normalized spacial score (nSPS) is 16.5. The van der Waals surface area contributed by atoms with Crippen LogP contribution in [0.2, 0.25) is 0 Å². The number of aryl methyl sites for hydroxylation is 2. The van der Waals surface area contributed by atoms with Crippen molar-refractivity contribution >= 4 is 0 Å². The van der Waals surface area contributed by atoms with Crippen LogP contribution in [-0.4, -0.2) is 16.4 Å². The van der Waals surface area contributed by atoms with E-state index in [1.54, 1.807) is 0 Å². The van der Waals surface area contributed by atoms with Crippen LogP contribution in [0.1, 0.15) is 24.1 Å². The number of rotatable bonds is 0. The number of ether oxygens (including phenoxy) is 1. The van der Waals surface area contributed by atoms with Gasteiger partial charge in [-0.15, -0.1) is 0 Å². The van der Waals surface area contributed by atoms with Gasteiger partial charge in [0.1, 0.15) is 0 Å². The summed E-state index contributed by atoms with van der Waals surface area (Å²) in [5.74, 6) is 0.977. The molecule has 0 spiro atoms. The highest BCUT2D eigenvalue weighted by molar-refractivity contribution is 5.29. The van der Waals surface area contributed by atoms with Crippen molar-refractivity contribution in [1.29, 1.82) is 0 Å². The Kier molecular flexibility index (Phi) is 1.79. The molecule has 3 heteroatoms. The van der Waals surface area contributed by atoms with Gasteiger partial charge in [0, 0.05) is 12.1 Å². The molecule has 2 heterocycles. The molecule has 12 heavy (non-hydrogen) atoms. The van der Waals surface area contributed by atoms with Crippen molar-refractivity contribution in [1.82, 2.24) is 9.78 Å². The second-order valence-electron chi connectivity index (χ2n) is 3.29. The predicted octanol–water partition coefficient (Wildman–Crippen LogP) is 1.67. The Hall–Kier alpha value is -0.990. The first-order valence-electron chi connectivity index (χ1n) is 4.46. The van der Waals surface area contributed by atoms with Crippen LogP contribution in [0.15, 0.2) is 0 Å². The SMILES string of the molecule is Cc1nn2c(c1C)OCCCC2. The smallest absolute Gasteiger partial charge is 0.215 e. The average molecular weight is 166 g/mol. The predicted molar refractivity (Wildman–Crippen MR) is 46.4 cm³/mol. The average Bonchev–Trinajstić information content (AvgIpc) is 2.30. The van der Waals surface area contributed by atoms with E-state index in [-0.39, 0.29) is 0 Å². The van der Waals surface area contributed by atoms with Gasteiger partial charge in [-0.05, 0) is 26.7 Å². The number of nitrogens with zero attached hydrogens (tertiary/aromatic N) is 2. The zero-order valence-corrected chi connectivity index (χ0v) is 7.63. The highest BCUT2D eigenvalue weighted by Gasteiger charge is 2.14. The zero-order valence-electron chi connectivity index (χ0n) is 7.63. The Morgan fingerprint density at radius 2 is 2.17 bits per heavy atom. The van der Waals surface area contributed by atoms with Gasteiger partial charge >= 0.3 is 0 Å². The third-order valence-electron chi connectivity index (χ3n) is 2.37. The lowest BCUT2D eigenvalue weighted by atomic mass is 10.3. The lowest BCUT2D eigenvalue weighted by molar-refractivity contribution is 0.301. The first-order chi connectivity index (χ1) is 5.79. The molecular weight excluding hydrogens is 152 g/mol. The minimum Gasteiger partial charge on any atom is -0.478 e. The van der Waals surface area contributed by atoms with Crippen LogP contribution in [0.4, 0.5) is 0 Å². The van der Waals surface area contributed by atoms with E-state index in [0.29, 0.717) is 0 Å². The fourth-order valence-electron chi connectivity index (χ4n) is 1.52. The minimum atomic E-state index is 0.839. The maximum absolute atomic E-state index is 5.60. The van der Waals surface area contributed by atoms with Gasteiger partial charge in [0.05, 0.1) is 12.3 Å². The summed E-state index contributed by atoms with van der Waals surface area (Å²) in [4.78, 5) is 0. The highest BCUT2D eigenvalue weighted by atomic mass is 16.5. The van der Waals surface area contributed by atoms with Gasteiger partial charge in [-0.2, -0.15) is 5.10 Å². The Balaban J connectivity index is 2.42. The summed E-state index contributed by atoms with van der Waals surface area (Å²) < 4.78 is 7.58. The molecule has 0 atom stereocenters. The summed E-state index contributed by atoms with van der Waals surface area (Å²) in [5.41, 5.74) is 2.28. The molecule has 0 aromatic carbocycles. The van der Waals surface area contributed by atoms with E-state index < -0.39 is 0 Å². The Morgan fingerprint density at radius 1 is 1.33 bits per heavy atom. The second kappa shape index (κ2) is 2.81. The minimum absolute atomic E-state index is 0.839. The van der Waals surface area contributed by atoms with Crippen molar-refractivity contribution in [2.45, 2.75) is 33.2 Å². The lowest BCUT2D eigenvalue weighted by Crippen LogP contribution is -2.00. The van der Waals surface area contributed by atoms with Crippen LogP contribution in [-0.2, 0) is 6.54 Å². The van der Waals surface area contributed by atoms with Crippen molar-refractivity contribution in [3.05, 3.63) is 11.3 Å². The Labute approximate surface area is 72.3 Å². The Bertz CT molecular complexity index is 291. The molecule has 0 saturated carbocycles. The molecule has 0 N–H and O–H groups in total. The van der Waals surface area contributed by atoms with Crippen LogP contribution < -0.4 is 4.74 Å². The number of hydrogen-bond acceptors (Lipinski definition) is 2. The fourth-order valence-corrected chi connectivity index (χ4v) is 1.52. The summed E-state index contributed by atoms with van der Waals surface area (Å²) in [5, 5.41) is 4.40. The van der Waals surface area contributed by atoms with Gasteiger partial charge in [-0.1, -0.05) is 0 Å². The van der Waals surface area contributed by atoms with Crippen molar-refractivity contribution in [2.24, 2.45) is 0 Å². The van der Waals surface area contributed by atoms with Crippen molar-refractivity contribution < 1.29 is 4.74 Å². The third kappa shape index (κ3) is 1.09. The molecule has 2 rings (SSSR count). The van der Waals surface area contributed by atoms with Crippen molar-refractivity contribution in [2.75, 3.05) is 6.61 Å². The fraction of sp³-hybridized carbons (Fsp3) is 0.667. The van der Waals surface area contributed by atoms with Gasteiger partial charge in [0.2, 0.25) is 5.88 Å². The topological polar surface area (TPSA) is 27.1 Å². The van der Waals surface area contributed by atoms with E-state index >= 15 is 0 Å². The quantitative estimate of drug-likeness (QED) is 0.586. The van der Waals surface area contributed by atoms with Crippen LogP contribution in [0, 0.1) is 13.8 Å². The summed E-state index contributed by atoms with van der Waals surface area (Å²) in [6.07, 6.45) is 2.31. The largest absolute Gasteiger partial charge is 0.478 e. The first-order valence-corrected chi connectivity index (χ1v) is 4.46. The van der Waals surface area contributed by atoms with Gasteiger partial charge in [-0.3, -0.25) is 0 Å². The molecule has 1 aromatic rings. The zero-order chi connectivity index (χ0) is 8.55. The molecule has 1 aliphatic heterocycles. The number of aromatic nitrogens is 2. The van der Waals surface area contributed by atoms with Gasteiger partial charge in [0.15, 0.2) is 0 Å². The summed E-state index contributed by atoms with van der Waals surface area (Å²) in [6, 6.07) is 0. The lowest BCUT2D eigenvalue weighted by Gasteiger charge is -2.02. The molecule has 0 fully saturated rings. The number of hydrogen-bond donors (Lipinski definition) is 0. The van der Waals surface area contributed by atoms with Crippen LogP contribution in [0.25, 0.3) is 0 Å². The Morgan fingerprint density at radius 3 is 3.00 bits per heavy atom. The van der Waals surface area contributed by atoms with Gasteiger partial charge in [0.25, 0.3) is 0 Å². The highest BCUT2D eigenvalue weighted by Crippen LogP contribution is 2.23. The summed E-state index contributed by atoms with van der Waals surface area (Å²) >= 11 is 0. The monoisotopic (exact) mass is 166 g/mol. The maximum Gasteiger partial charge on any atom is 0.215 e.